The molecule has 0 heterocycles. The van der Waals surface area contributed by atoms with E-state index in [1.54, 1.807) is 12.1 Å². The van der Waals surface area contributed by atoms with Crippen LogP contribution in [0.1, 0.15) is 28.4 Å². The molecule has 0 bridgehead atoms. The molecule has 0 atom stereocenters. The van der Waals surface area contributed by atoms with Crippen LogP contribution in [0.4, 0.5) is 11.4 Å². The fourth-order valence-electron chi connectivity index (χ4n) is 2.11. The van der Waals surface area contributed by atoms with Crippen LogP contribution in [-0.2, 0) is 6.42 Å². The van der Waals surface area contributed by atoms with E-state index in [-0.39, 0.29) is 5.91 Å². The van der Waals surface area contributed by atoms with Crippen molar-refractivity contribution >= 4 is 33.2 Å². The molecule has 3 nitrogen and oxygen atoms in total. The smallest absolute Gasteiger partial charge is 0.257 e. The van der Waals surface area contributed by atoms with E-state index in [0.717, 1.165) is 27.7 Å². The summed E-state index contributed by atoms with van der Waals surface area (Å²) in [5, 5.41) is 2.97. The first-order chi connectivity index (χ1) is 9.52. The molecule has 3 N–H and O–H groups in total. The van der Waals surface area contributed by atoms with Gasteiger partial charge in [-0.3, -0.25) is 4.79 Å². The Bertz CT molecular complexity index is 653. The molecule has 1 amide bonds. The summed E-state index contributed by atoms with van der Waals surface area (Å²) in [7, 11) is 0. The van der Waals surface area contributed by atoms with E-state index >= 15 is 0 Å². The van der Waals surface area contributed by atoms with Crippen molar-refractivity contribution in [2.24, 2.45) is 0 Å². The van der Waals surface area contributed by atoms with E-state index < -0.39 is 0 Å². The van der Waals surface area contributed by atoms with Crippen molar-refractivity contribution in [3.05, 3.63) is 57.6 Å². The Morgan fingerprint density at radius 2 is 2.05 bits per heavy atom. The molecule has 0 fully saturated rings. The van der Waals surface area contributed by atoms with Crippen molar-refractivity contribution in [1.29, 1.82) is 0 Å². The summed E-state index contributed by atoms with van der Waals surface area (Å²) in [4.78, 5) is 12.4. The monoisotopic (exact) mass is 332 g/mol. The summed E-state index contributed by atoms with van der Waals surface area (Å²) in [5.41, 5.74) is 9.86. The molecule has 0 aliphatic heterocycles. The van der Waals surface area contributed by atoms with Crippen LogP contribution in [0.5, 0.6) is 0 Å². The van der Waals surface area contributed by atoms with Crippen LogP contribution in [0.15, 0.2) is 40.9 Å². The largest absolute Gasteiger partial charge is 0.398 e. The minimum atomic E-state index is -0.187. The number of para-hydroxylation sites is 1. The zero-order chi connectivity index (χ0) is 14.7. The van der Waals surface area contributed by atoms with Gasteiger partial charge in [0.1, 0.15) is 0 Å². The number of rotatable bonds is 3. The number of amides is 1. The van der Waals surface area contributed by atoms with Gasteiger partial charge in [-0.2, -0.15) is 0 Å². The van der Waals surface area contributed by atoms with E-state index in [1.807, 2.05) is 31.2 Å². The van der Waals surface area contributed by atoms with Crippen molar-refractivity contribution in [2.45, 2.75) is 20.3 Å². The predicted octanol–water partition coefficient (Wildman–Crippen LogP) is 4.15. The predicted molar refractivity (Wildman–Crippen MR) is 87.1 cm³/mol. The molecule has 2 aromatic carbocycles. The Morgan fingerprint density at radius 3 is 2.75 bits per heavy atom. The quantitative estimate of drug-likeness (QED) is 0.829. The third kappa shape index (κ3) is 3.02. The highest BCUT2D eigenvalue weighted by Crippen LogP contribution is 2.24. The number of nitrogens with one attached hydrogen (secondary N) is 1. The second-order valence-electron chi connectivity index (χ2n) is 4.65. The number of benzene rings is 2. The Labute approximate surface area is 127 Å². The molecular formula is C16H17BrN2O. The van der Waals surface area contributed by atoms with Crippen LogP contribution in [0.3, 0.4) is 0 Å². The molecule has 2 aromatic rings. The summed E-state index contributed by atoms with van der Waals surface area (Å²) < 4.78 is 0.831. The number of anilines is 2. The Kier molecular flexibility index (Phi) is 4.45. The van der Waals surface area contributed by atoms with Gasteiger partial charge in [-0.25, -0.2) is 0 Å². The van der Waals surface area contributed by atoms with Gasteiger partial charge in [0, 0.05) is 15.8 Å². The van der Waals surface area contributed by atoms with Gasteiger partial charge in [0.15, 0.2) is 0 Å². The molecule has 0 saturated carbocycles. The van der Waals surface area contributed by atoms with Gasteiger partial charge in [0.2, 0.25) is 0 Å². The lowest BCUT2D eigenvalue weighted by Gasteiger charge is -2.14. The second-order valence-corrected chi connectivity index (χ2v) is 5.56. The fourth-order valence-corrected chi connectivity index (χ4v) is 2.47. The number of aryl methyl sites for hydroxylation is 2. The van der Waals surface area contributed by atoms with Gasteiger partial charge in [-0.1, -0.05) is 41.1 Å². The average molecular weight is 333 g/mol. The lowest BCUT2D eigenvalue weighted by molar-refractivity contribution is 0.102. The first-order valence-corrected chi connectivity index (χ1v) is 7.27. The van der Waals surface area contributed by atoms with Crippen LogP contribution < -0.4 is 11.1 Å². The van der Waals surface area contributed by atoms with Crippen molar-refractivity contribution in [2.75, 3.05) is 11.1 Å². The minimum Gasteiger partial charge on any atom is -0.398 e. The van der Waals surface area contributed by atoms with Gasteiger partial charge in [0.05, 0.1) is 5.56 Å². The maximum atomic E-state index is 12.4. The molecule has 0 saturated heterocycles. The number of nitrogens with two attached hydrogens (primary N) is 1. The third-order valence-electron chi connectivity index (χ3n) is 3.24. The zero-order valence-corrected chi connectivity index (χ0v) is 13.1. The van der Waals surface area contributed by atoms with E-state index in [9.17, 15) is 4.79 Å². The number of hydrogen-bond donors (Lipinski definition) is 2. The van der Waals surface area contributed by atoms with Gasteiger partial charge in [-0.15, -0.1) is 0 Å². The van der Waals surface area contributed by atoms with Gasteiger partial charge in [0.25, 0.3) is 5.91 Å². The molecule has 4 heteroatoms. The first-order valence-electron chi connectivity index (χ1n) is 6.47. The lowest BCUT2D eigenvalue weighted by atomic mass is 10.1. The molecule has 0 spiro atoms. The Morgan fingerprint density at radius 1 is 1.30 bits per heavy atom. The van der Waals surface area contributed by atoms with E-state index in [0.29, 0.717) is 11.3 Å². The number of carbonyl (C=O) groups is 1. The van der Waals surface area contributed by atoms with Crippen LogP contribution in [-0.4, -0.2) is 5.91 Å². The molecule has 2 rings (SSSR count). The van der Waals surface area contributed by atoms with Crippen LogP contribution in [0.25, 0.3) is 0 Å². The van der Waals surface area contributed by atoms with Crippen LogP contribution >= 0.6 is 15.9 Å². The van der Waals surface area contributed by atoms with Crippen molar-refractivity contribution in [1.82, 2.24) is 0 Å². The summed E-state index contributed by atoms with van der Waals surface area (Å²) in [6, 6.07) is 11.3. The van der Waals surface area contributed by atoms with Crippen LogP contribution in [0, 0.1) is 6.92 Å². The van der Waals surface area contributed by atoms with Crippen molar-refractivity contribution < 1.29 is 4.79 Å². The SMILES string of the molecule is CCc1cccc(C)c1NC(=O)c1cc(Br)ccc1N. The topological polar surface area (TPSA) is 55.1 Å². The second kappa shape index (κ2) is 6.09. The number of nitrogen functional groups attached to an aromatic ring is 1. The maximum Gasteiger partial charge on any atom is 0.257 e. The molecule has 104 valence electrons. The summed E-state index contributed by atoms with van der Waals surface area (Å²) in [5.74, 6) is -0.187. The first kappa shape index (κ1) is 14.6. The third-order valence-corrected chi connectivity index (χ3v) is 3.73. The molecule has 0 aromatic heterocycles. The minimum absolute atomic E-state index is 0.187. The lowest BCUT2D eigenvalue weighted by Crippen LogP contribution is -2.16. The number of halogens is 1. The van der Waals surface area contributed by atoms with E-state index in [2.05, 4.69) is 28.2 Å². The maximum absolute atomic E-state index is 12.4. The molecule has 0 aliphatic rings. The van der Waals surface area contributed by atoms with E-state index in [1.165, 1.54) is 0 Å². The normalized spacial score (nSPS) is 10.3. The van der Waals surface area contributed by atoms with Crippen molar-refractivity contribution in [3.63, 3.8) is 0 Å². The molecule has 0 unspecified atom stereocenters. The summed E-state index contributed by atoms with van der Waals surface area (Å²) >= 11 is 3.36. The standard InChI is InChI=1S/C16H17BrN2O/c1-3-11-6-4-5-10(2)15(11)19-16(20)13-9-12(17)7-8-14(13)18/h4-9H,3,18H2,1-2H3,(H,19,20). The number of carbonyl (C=O) groups excluding carboxylic acids is 1. The van der Waals surface area contributed by atoms with Crippen LogP contribution in [0.2, 0.25) is 0 Å². The molecule has 20 heavy (non-hydrogen) atoms. The van der Waals surface area contributed by atoms with E-state index in [4.69, 9.17) is 5.73 Å². The molecule has 0 aliphatic carbocycles. The highest BCUT2D eigenvalue weighted by molar-refractivity contribution is 9.10. The zero-order valence-electron chi connectivity index (χ0n) is 11.5. The fraction of sp³-hybridized carbons (Fsp3) is 0.188. The Hall–Kier alpha value is -1.81. The summed E-state index contributed by atoms with van der Waals surface area (Å²) in [6.45, 7) is 4.05. The molecular weight excluding hydrogens is 316 g/mol. The average Bonchev–Trinajstić information content (AvgIpc) is 2.43. The van der Waals surface area contributed by atoms with Gasteiger partial charge in [-0.05, 0) is 42.7 Å². The Balaban J connectivity index is 2.35. The van der Waals surface area contributed by atoms with Crippen molar-refractivity contribution in [3.8, 4) is 0 Å². The van der Waals surface area contributed by atoms with Gasteiger partial charge >= 0.3 is 0 Å². The highest BCUT2D eigenvalue weighted by Gasteiger charge is 2.13. The summed E-state index contributed by atoms with van der Waals surface area (Å²) in [6.07, 6.45) is 0.866. The number of hydrogen-bond acceptors (Lipinski definition) is 2. The van der Waals surface area contributed by atoms with Gasteiger partial charge < -0.3 is 11.1 Å². The molecule has 0 radical (unpaired) electrons. The highest BCUT2D eigenvalue weighted by atomic mass is 79.9.